The number of rotatable bonds is 5. The second kappa shape index (κ2) is 5.17. The smallest absolute Gasteiger partial charge is 0.0746 e. The van der Waals surface area contributed by atoms with Crippen molar-refractivity contribution in [2.45, 2.75) is 26.0 Å². The molecule has 1 aromatic carbocycles. The van der Waals surface area contributed by atoms with Gasteiger partial charge >= 0.3 is 0 Å². The third-order valence-electron chi connectivity index (χ3n) is 2.98. The van der Waals surface area contributed by atoms with Crippen molar-refractivity contribution in [2.75, 3.05) is 13.7 Å². The number of nitrogens with one attached hydrogen (secondary N) is 1. The molecule has 1 N–H and O–H groups in total. The maximum absolute atomic E-state index is 5.38. The summed E-state index contributed by atoms with van der Waals surface area (Å²) in [6.45, 7) is 5.93. The Balaban J connectivity index is 2.00. The normalized spacial score (nSPS) is 12.2. The highest BCUT2D eigenvalue weighted by atomic mass is 32.1. The van der Waals surface area contributed by atoms with E-state index in [0.717, 1.165) is 13.1 Å². The number of fused-ring (bicyclic) bond motifs is 1. The van der Waals surface area contributed by atoms with Gasteiger partial charge in [-0.3, -0.25) is 0 Å². The fourth-order valence-electron chi connectivity index (χ4n) is 1.74. The van der Waals surface area contributed by atoms with Crippen LogP contribution in [0.15, 0.2) is 29.6 Å². The molecule has 0 aliphatic heterocycles. The van der Waals surface area contributed by atoms with Gasteiger partial charge in [-0.25, -0.2) is 0 Å². The first-order valence-corrected chi connectivity index (χ1v) is 6.71. The highest BCUT2D eigenvalue weighted by Gasteiger charge is 2.15. The monoisotopic (exact) mass is 249 g/mol. The van der Waals surface area contributed by atoms with E-state index in [1.165, 1.54) is 15.6 Å². The van der Waals surface area contributed by atoms with Crippen LogP contribution in [0.2, 0.25) is 0 Å². The number of hydrogen-bond donors (Lipinski definition) is 1. The second-order valence-corrected chi connectivity index (χ2v) is 5.74. The zero-order valence-corrected chi connectivity index (χ0v) is 11.4. The van der Waals surface area contributed by atoms with Crippen LogP contribution in [0.3, 0.4) is 0 Å². The maximum Gasteiger partial charge on any atom is 0.0746 e. The number of ether oxygens (including phenoxy) is 1. The number of hydrogen-bond acceptors (Lipinski definition) is 3. The summed E-state index contributed by atoms with van der Waals surface area (Å²) in [6.07, 6.45) is 0. The van der Waals surface area contributed by atoms with Crippen LogP contribution in [0.1, 0.15) is 19.4 Å². The zero-order chi connectivity index (χ0) is 12.3. The van der Waals surface area contributed by atoms with Gasteiger partial charge in [0.2, 0.25) is 0 Å². The molecule has 0 aliphatic rings. The highest BCUT2D eigenvalue weighted by molar-refractivity contribution is 7.17. The van der Waals surface area contributed by atoms with E-state index in [-0.39, 0.29) is 5.60 Å². The van der Waals surface area contributed by atoms with Gasteiger partial charge in [-0.1, -0.05) is 18.2 Å². The predicted octanol–water partition coefficient (Wildman–Crippen LogP) is 3.42. The lowest BCUT2D eigenvalue weighted by Gasteiger charge is -2.23. The molecule has 1 aromatic heterocycles. The standard InChI is InChI=1S/C14H19NOS/c1-14(2,16-3)10-15-8-11-9-17-13-7-5-4-6-12(11)13/h4-7,9,15H,8,10H2,1-3H3. The summed E-state index contributed by atoms with van der Waals surface area (Å²) < 4.78 is 6.74. The van der Waals surface area contributed by atoms with Crippen molar-refractivity contribution in [3.05, 3.63) is 35.2 Å². The van der Waals surface area contributed by atoms with Crippen LogP contribution < -0.4 is 5.32 Å². The summed E-state index contributed by atoms with van der Waals surface area (Å²) in [5, 5.41) is 7.05. The molecule has 0 bridgehead atoms. The molecule has 0 fully saturated rings. The van der Waals surface area contributed by atoms with Crippen LogP contribution in [0, 0.1) is 0 Å². The van der Waals surface area contributed by atoms with E-state index >= 15 is 0 Å². The quantitative estimate of drug-likeness (QED) is 0.876. The van der Waals surface area contributed by atoms with Crippen molar-refractivity contribution >= 4 is 21.4 Å². The lowest BCUT2D eigenvalue weighted by Crippen LogP contribution is -2.36. The Kier molecular flexibility index (Phi) is 3.82. The average molecular weight is 249 g/mol. The van der Waals surface area contributed by atoms with Crippen LogP contribution in [0.25, 0.3) is 10.1 Å². The molecule has 1 heterocycles. The maximum atomic E-state index is 5.38. The molecule has 2 nitrogen and oxygen atoms in total. The number of methoxy groups -OCH3 is 1. The summed E-state index contributed by atoms with van der Waals surface area (Å²) in [5.41, 5.74) is 1.27. The summed E-state index contributed by atoms with van der Waals surface area (Å²) in [4.78, 5) is 0. The van der Waals surface area contributed by atoms with Gasteiger partial charge in [-0.15, -0.1) is 11.3 Å². The van der Waals surface area contributed by atoms with Gasteiger partial charge in [0.25, 0.3) is 0 Å². The Hall–Kier alpha value is -0.900. The first kappa shape index (κ1) is 12.6. The fourth-order valence-corrected chi connectivity index (χ4v) is 2.70. The first-order valence-electron chi connectivity index (χ1n) is 5.83. The third kappa shape index (κ3) is 3.06. The molecule has 0 radical (unpaired) electrons. The van der Waals surface area contributed by atoms with E-state index in [0.29, 0.717) is 0 Å². The van der Waals surface area contributed by atoms with Gasteiger partial charge in [-0.2, -0.15) is 0 Å². The zero-order valence-electron chi connectivity index (χ0n) is 10.6. The molecular weight excluding hydrogens is 230 g/mol. The van der Waals surface area contributed by atoms with Gasteiger partial charge < -0.3 is 10.1 Å². The Labute approximate surface area is 107 Å². The Bertz CT molecular complexity index is 490. The van der Waals surface area contributed by atoms with Crippen LogP contribution in [-0.4, -0.2) is 19.3 Å². The molecule has 17 heavy (non-hydrogen) atoms. The molecule has 0 unspecified atom stereocenters. The minimum Gasteiger partial charge on any atom is -0.377 e. The Morgan fingerprint density at radius 1 is 1.29 bits per heavy atom. The summed E-state index contributed by atoms with van der Waals surface area (Å²) in [7, 11) is 1.75. The first-order chi connectivity index (χ1) is 8.12. The molecule has 3 heteroatoms. The SMILES string of the molecule is COC(C)(C)CNCc1csc2ccccc12. The lowest BCUT2D eigenvalue weighted by atomic mass is 10.1. The van der Waals surface area contributed by atoms with Gasteiger partial charge in [0.15, 0.2) is 0 Å². The summed E-state index contributed by atoms with van der Waals surface area (Å²) >= 11 is 1.81. The van der Waals surface area contributed by atoms with E-state index in [2.05, 4.69) is 48.8 Å². The molecule has 0 atom stereocenters. The number of benzene rings is 1. The minimum atomic E-state index is -0.105. The van der Waals surface area contributed by atoms with Crippen molar-refractivity contribution in [3.8, 4) is 0 Å². The van der Waals surface area contributed by atoms with Crippen molar-refractivity contribution in [1.29, 1.82) is 0 Å². The van der Waals surface area contributed by atoms with Crippen molar-refractivity contribution < 1.29 is 4.74 Å². The molecular formula is C14H19NOS. The van der Waals surface area contributed by atoms with E-state index < -0.39 is 0 Å². The molecule has 92 valence electrons. The predicted molar refractivity (Wildman–Crippen MR) is 74.6 cm³/mol. The summed E-state index contributed by atoms with van der Waals surface area (Å²) in [5.74, 6) is 0. The van der Waals surface area contributed by atoms with Crippen molar-refractivity contribution in [2.24, 2.45) is 0 Å². The molecule has 2 aromatic rings. The molecule has 2 rings (SSSR count). The second-order valence-electron chi connectivity index (χ2n) is 4.82. The van der Waals surface area contributed by atoms with Gasteiger partial charge in [0, 0.05) is 24.9 Å². The minimum absolute atomic E-state index is 0.105. The van der Waals surface area contributed by atoms with E-state index in [1.54, 1.807) is 18.4 Å². The van der Waals surface area contributed by atoms with E-state index in [1.807, 2.05) is 0 Å². The largest absolute Gasteiger partial charge is 0.377 e. The number of thiophene rings is 1. The Morgan fingerprint density at radius 2 is 2.06 bits per heavy atom. The van der Waals surface area contributed by atoms with Crippen LogP contribution >= 0.6 is 11.3 Å². The van der Waals surface area contributed by atoms with Crippen molar-refractivity contribution in [1.82, 2.24) is 5.32 Å². The third-order valence-corrected chi connectivity index (χ3v) is 3.99. The van der Waals surface area contributed by atoms with Gasteiger partial charge in [0.1, 0.15) is 0 Å². The Morgan fingerprint density at radius 3 is 2.82 bits per heavy atom. The fraction of sp³-hybridized carbons (Fsp3) is 0.429. The topological polar surface area (TPSA) is 21.3 Å². The van der Waals surface area contributed by atoms with E-state index in [9.17, 15) is 0 Å². The van der Waals surface area contributed by atoms with Crippen molar-refractivity contribution in [3.63, 3.8) is 0 Å². The molecule has 0 saturated carbocycles. The summed E-state index contributed by atoms with van der Waals surface area (Å²) in [6, 6.07) is 8.54. The average Bonchev–Trinajstić information content (AvgIpc) is 2.73. The molecule has 0 saturated heterocycles. The molecule has 0 aliphatic carbocycles. The van der Waals surface area contributed by atoms with E-state index in [4.69, 9.17) is 4.74 Å². The lowest BCUT2D eigenvalue weighted by molar-refractivity contribution is 0.0231. The molecule has 0 amide bonds. The highest BCUT2D eigenvalue weighted by Crippen LogP contribution is 2.25. The van der Waals surface area contributed by atoms with Crippen LogP contribution in [0.4, 0.5) is 0 Å². The van der Waals surface area contributed by atoms with Gasteiger partial charge in [0.05, 0.1) is 5.60 Å². The van der Waals surface area contributed by atoms with Crippen LogP contribution in [-0.2, 0) is 11.3 Å². The molecule has 0 spiro atoms. The van der Waals surface area contributed by atoms with Crippen LogP contribution in [0.5, 0.6) is 0 Å². The van der Waals surface area contributed by atoms with Gasteiger partial charge in [-0.05, 0) is 36.2 Å².